The van der Waals surface area contributed by atoms with Crippen LogP contribution in [0.15, 0.2) is 0 Å². The summed E-state index contributed by atoms with van der Waals surface area (Å²) in [7, 11) is 1.58. The Balaban J connectivity index is 2.75. The number of rotatable bonds is 6. The smallest absolute Gasteiger partial charge is 0.242 e. The van der Waals surface area contributed by atoms with Crippen LogP contribution in [0.2, 0.25) is 0 Å². The van der Waals surface area contributed by atoms with Gasteiger partial charge in [0.05, 0.1) is 5.41 Å². The third-order valence-electron chi connectivity index (χ3n) is 3.90. The molecule has 0 aliphatic carbocycles. The van der Waals surface area contributed by atoms with E-state index in [-0.39, 0.29) is 18.4 Å². The van der Waals surface area contributed by atoms with Crippen LogP contribution in [0.4, 0.5) is 0 Å². The molecule has 0 aromatic carbocycles. The van der Waals surface area contributed by atoms with Gasteiger partial charge in [-0.3, -0.25) is 9.59 Å². The summed E-state index contributed by atoms with van der Waals surface area (Å²) >= 11 is 0. The normalized spacial score (nSPS) is 19.4. The predicted octanol–water partition coefficient (Wildman–Crippen LogP) is 0.0188. The zero-order valence-electron chi connectivity index (χ0n) is 12.7. The fraction of sp³-hybridized carbons (Fsp3) is 0.857. The molecule has 0 spiro atoms. The molecule has 0 saturated carbocycles. The van der Waals surface area contributed by atoms with E-state index >= 15 is 0 Å². The molecular formula is C14H27N3O3. The lowest BCUT2D eigenvalue weighted by atomic mass is 9.79. The SMILES string of the molecule is CNC(=O)C(CC(C)C)NC(=O)C1(CN)CCOCC1. The second-order valence-corrected chi connectivity index (χ2v) is 5.87. The van der Waals surface area contributed by atoms with Crippen molar-refractivity contribution in [3.05, 3.63) is 0 Å². The van der Waals surface area contributed by atoms with Crippen molar-refractivity contribution in [2.75, 3.05) is 26.8 Å². The standard InChI is InChI=1S/C14H27N3O3/c1-10(2)8-11(12(18)16-3)17-13(19)14(9-15)4-6-20-7-5-14/h10-11H,4-9,15H2,1-3H3,(H,16,18)(H,17,19). The van der Waals surface area contributed by atoms with Gasteiger partial charge in [0.2, 0.25) is 11.8 Å². The number of carbonyl (C=O) groups is 2. The molecule has 1 aliphatic rings. The van der Waals surface area contributed by atoms with Gasteiger partial charge in [0, 0.05) is 26.8 Å². The zero-order valence-corrected chi connectivity index (χ0v) is 12.7. The summed E-state index contributed by atoms with van der Waals surface area (Å²) in [6.45, 7) is 5.41. The van der Waals surface area contributed by atoms with Gasteiger partial charge in [0.15, 0.2) is 0 Å². The minimum atomic E-state index is -0.596. The molecule has 1 rings (SSSR count). The molecule has 1 aliphatic heterocycles. The summed E-state index contributed by atoms with van der Waals surface area (Å²) in [6.07, 6.45) is 1.83. The van der Waals surface area contributed by atoms with Gasteiger partial charge < -0.3 is 21.1 Å². The van der Waals surface area contributed by atoms with Gasteiger partial charge in [-0.25, -0.2) is 0 Å². The summed E-state index contributed by atoms with van der Waals surface area (Å²) in [6, 6.07) is -0.501. The van der Waals surface area contributed by atoms with Crippen molar-refractivity contribution in [1.82, 2.24) is 10.6 Å². The number of likely N-dealkylation sites (N-methyl/N-ethyl adjacent to an activating group) is 1. The Morgan fingerprint density at radius 3 is 2.35 bits per heavy atom. The molecule has 2 amide bonds. The monoisotopic (exact) mass is 285 g/mol. The first-order chi connectivity index (χ1) is 9.45. The minimum absolute atomic E-state index is 0.127. The first kappa shape index (κ1) is 16.9. The Morgan fingerprint density at radius 2 is 1.90 bits per heavy atom. The van der Waals surface area contributed by atoms with Crippen LogP contribution in [0.5, 0.6) is 0 Å². The maximum Gasteiger partial charge on any atom is 0.242 e. The van der Waals surface area contributed by atoms with Gasteiger partial charge >= 0.3 is 0 Å². The summed E-state index contributed by atoms with van der Waals surface area (Å²) in [4.78, 5) is 24.4. The third kappa shape index (κ3) is 4.18. The van der Waals surface area contributed by atoms with E-state index in [1.807, 2.05) is 13.8 Å². The van der Waals surface area contributed by atoms with E-state index in [4.69, 9.17) is 10.5 Å². The average molecular weight is 285 g/mol. The van der Waals surface area contributed by atoms with Gasteiger partial charge in [-0.2, -0.15) is 0 Å². The number of nitrogens with two attached hydrogens (primary N) is 1. The molecule has 1 atom stereocenters. The maximum atomic E-state index is 12.5. The van der Waals surface area contributed by atoms with E-state index in [2.05, 4.69) is 10.6 Å². The molecule has 0 bridgehead atoms. The van der Waals surface area contributed by atoms with Crippen molar-refractivity contribution in [1.29, 1.82) is 0 Å². The highest BCUT2D eigenvalue weighted by atomic mass is 16.5. The van der Waals surface area contributed by atoms with E-state index in [0.717, 1.165) is 0 Å². The van der Waals surface area contributed by atoms with Crippen LogP contribution in [0.1, 0.15) is 33.1 Å². The van der Waals surface area contributed by atoms with Crippen LogP contribution in [-0.2, 0) is 14.3 Å². The summed E-state index contributed by atoms with van der Waals surface area (Å²) < 4.78 is 5.30. The van der Waals surface area contributed by atoms with Gasteiger partial charge in [0.25, 0.3) is 0 Å². The zero-order chi connectivity index (χ0) is 15.2. The third-order valence-corrected chi connectivity index (χ3v) is 3.90. The van der Waals surface area contributed by atoms with Crippen LogP contribution in [0.3, 0.4) is 0 Å². The lowest BCUT2D eigenvalue weighted by molar-refractivity contribution is -0.139. The molecule has 0 aromatic rings. The highest BCUT2D eigenvalue weighted by Gasteiger charge is 2.40. The Kier molecular flexibility index (Phi) is 6.42. The highest BCUT2D eigenvalue weighted by Crippen LogP contribution is 2.29. The quantitative estimate of drug-likeness (QED) is 0.641. The molecule has 4 N–H and O–H groups in total. The molecule has 0 radical (unpaired) electrons. The van der Waals surface area contributed by atoms with E-state index in [9.17, 15) is 9.59 Å². The first-order valence-corrected chi connectivity index (χ1v) is 7.25. The second kappa shape index (κ2) is 7.59. The summed E-state index contributed by atoms with van der Waals surface area (Å²) in [5.41, 5.74) is 5.21. The predicted molar refractivity (Wildman–Crippen MR) is 77.0 cm³/mol. The number of hydrogen-bond donors (Lipinski definition) is 3. The number of ether oxygens (including phenoxy) is 1. The minimum Gasteiger partial charge on any atom is -0.381 e. The van der Waals surface area contributed by atoms with Crippen LogP contribution < -0.4 is 16.4 Å². The molecule has 116 valence electrons. The van der Waals surface area contributed by atoms with Crippen LogP contribution in [0, 0.1) is 11.3 Å². The number of nitrogens with one attached hydrogen (secondary N) is 2. The summed E-state index contributed by atoms with van der Waals surface area (Å²) in [5.74, 6) is 0.0324. The Morgan fingerprint density at radius 1 is 1.30 bits per heavy atom. The number of hydrogen-bond acceptors (Lipinski definition) is 4. The molecular weight excluding hydrogens is 258 g/mol. The van der Waals surface area contributed by atoms with Crippen LogP contribution in [-0.4, -0.2) is 44.7 Å². The largest absolute Gasteiger partial charge is 0.381 e. The molecule has 1 saturated heterocycles. The lowest BCUT2D eigenvalue weighted by Crippen LogP contribution is -2.55. The highest BCUT2D eigenvalue weighted by molar-refractivity contribution is 5.90. The lowest BCUT2D eigenvalue weighted by Gasteiger charge is -2.35. The number of carbonyl (C=O) groups excluding carboxylic acids is 2. The molecule has 1 unspecified atom stereocenters. The van der Waals surface area contributed by atoms with E-state index in [1.165, 1.54) is 0 Å². The molecule has 0 aromatic heterocycles. The topological polar surface area (TPSA) is 93.5 Å². The average Bonchev–Trinajstić information content (AvgIpc) is 2.45. The van der Waals surface area contributed by atoms with Crippen molar-refractivity contribution < 1.29 is 14.3 Å². The maximum absolute atomic E-state index is 12.5. The van der Waals surface area contributed by atoms with Crippen molar-refractivity contribution in [3.63, 3.8) is 0 Å². The van der Waals surface area contributed by atoms with E-state index in [1.54, 1.807) is 7.05 Å². The van der Waals surface area contributed by atoms with E-state index < -0.39 is 11.5 Å². The summed E-state index contributed by atoms with van der Waals surface area (Å²) in [5, 5.41) is 5.47. The molecule has 20 heavy (non-hydrogen) atoms. The Bertz CT molecular complexity index is 339. The fourth-order valence-electron chi connectivity index (χ4n) is 2.47. The fourth-order valence-corrected chi connectivity index (χ4v) is 2.47. The molecule has 6 nitrogen and oxygen atoms in total. The molecule has 1 heterocycles. The number of amides is 2. The Hall–Kier alpha value is -1.14. The van der Waals surface area contributed by atoms with Crippen molar-refractivity contribution >= 4 is 11.8 Å². The van der Waals surface area contributed by atoms with Gasteiger partial charge in [-0.05, 0) is 25.2 Å². The molecule has 1 fully saturated rings. The van der Waals surface area contributed by atoms with Gasteiger partial charge in [-0.15, -0.1) is 0 Å². The Labute approximate surface area is 120 Å². The first-order valence-electron chi connectivity index (χ1n) is 7.25. The molecule has 6 heteroatoms. The van der Waals surface area contributed by atoms with Crippen molar-refractivity contribution in [2.24, 2.45) is 17.1 Å². The van der Waals surface area contributed by atoms with Crippen molar-refractivity contribution in [2.45, 2.75) is 39.2 Å². The van der Waals surface area contributed by atoms with E-state index in [0.29, 0.717) is 38.4 Å². The second-order valence-electron chi connectivity index (χ2n) is 5.87. The van der Waals surface area contributed by atoms with Crippen LogP contribution >= 0.6 is 0 Å². The van der Waals surface area contributed by atoms with Crippen LogP contribution in [0.25, 0.3) is 0 Å². The van der Waals surface area contributed by atoms with Gasteiger partial charge in [0.1, 0.15) is 6.04 Å². The van der Waals surface area contributed by atoms with Gasteiger partial charge in [-0.1, -0.05) is 13.8 Å². The van der Waals surface area contributed by atoms with Crippen molar-refractivity contribution in [3.8, 4) is 0 Å².